The van der Waals surface area contributed by atoms with Crippen LogP contribution < -0.4 is 0 Å². The molecule has 0 heterocycles. The summed E-state index contributed by atoms with van der Waals surface area (Å²) in [5.74, 6) is 0. The third kappa shape index (κ3) is 3.51. The average molecular weight is 185 g/mol. The Kier molecular flexibility index (Phi) is 4.40. The maximum Gasteiger partial charge on any atom is 0.118 e. The molecular weight excluding hydrogens is 174 g/mol. The summed E-state index contributed by atoms with van der Waals surface area (Å²) < 4.78 is 28.8. The van der Waals surface area contributed by atoms with E-state index in [0.29, 0.717) is 0 Å². The molecule has 1 aromatic carbocycles. The molecule has 3 heteroatoms. The second kappa shape index (κ2) is 5.65. The second-order valence-electron chi connectivity index (χ2n) is 2.60. The number of rotatable bonds is 5. The zero-order valence-corrected chi connectivity index (χ0v) is 7.12. The first-order valence-electron chi connectivity index (χ1n) is 4.02. The van der Waals surface area contributed by atoms with Gasteiger partial charge in [0.2, 0.25) is 0 Å². The maximum atomic E-state index is 12.0. The zero-order valence-electron chi connectivity index (χ0n) is 7.12. The molecule has 0 aliphatic heterocycles. The van der Waals surface area contributed by atoms with Crippen molar-refractivity contribution in [3.05, 3.63) is 42.5 Å². The van der Waals surface area contributed by atoms with Crippen molar-refractivity contribution in [3.63, 3.8) is 0 Å². The second-order valence-corrected chi connectivity index (χ2v) is 2.60. The molecule has 1 aromatic rings. The van der Waals surface area contributed by atoms with E-state index in [0.717, 1.165) is 5.56 Å². The van der Waals surface area contributed by atoms with Crippen LogP contribution in [-0.2, 0) is 4.74 Å². The summed E-state index contributed by atoms with van der Waals surface area (Å²) in [5.41, 5.74) is 0.800. The molecule has 1 rings (SSSR count). The molecule has 71 valence electrons. The van der Waals surface area contributed by atoms with Gasteiger partial charge in [0.25, 0.3) is 0 Å². The van der Waals surface area contributed by atoms with E-state index in [4.69, 9.17) is 4.74 Å². The largest absolute Gasteiger partial charge is 0.362 e. The van der Waals surface area contributed by atoms with E-state index in [1.165, 1.54) is 6.61 Å². The maximum absolute atomic E-state index is 12.0. The highest BCUT2D eigenvalue weighted by Crippen LogP contribution is 2.06. The van der Waals surface area contributed by atoms with Crippen molar-refractivity contribution in [2.45, 2.75) is 6.10 Å². The Bertz CT molecular complexity index is 222. The number of benzene rings is 1. The van der Waals surface area contributed by atoms with Crippen LogP contribution >= 0.6 is 0 Å². The zero-order chi connectivity index (χ0) is 9.52. The van der Waals surface area contributed by atoms with Crippen molar-refractivity contribution in [2.75, 3.05) is 13.3 Å². The van der Waals surface area contributed by atoms with Gasteiger partial charge in [0.05, 0.1) is 0 Å². The molecule has 0 amide bonds. The molecule has 0 aliphatic rings. The fourth-order valence-corrected chi connectivity index (χ4v) is 0.820. The van der Waals surface area contributed by atoms with E-state index < -0.39 is 19.5 Å². The Labute approximate surface area is 76.3 Å². The van der Waals surface area contributed by atoms with Crippen LogP contribution in [0, 0.1) is 6.61 Å². The third-order valence-corrected chi connectivity index (χ3v) is 1.54. The third-order valence-electron chi connectivity index (χ3n) is 1.54. The minimum Gasteiger partial charge on any atom is -0.362 e. The Hall–Kier alpha value is -0.960. The summed E-state index contributed by atoms with van der Waals surface area (Å²) >= 11 is 0. The minimum atomic E-state index is -0.972. The normalized spacial score (nSPS) is 10.7. The van der Waals surface area contributed by atoms with Crippen molar-refractivity contribution in [1.29, 1.82) is 0 Å². The van der Waals surface area contributed by atoms with Crippen molar-refractivity contribution >= 4 is 0 Å². The van der Waals surface area contributed by atoms with E-state index in [2.05, 4.69) is 0 Å². The van der Waals surface area contributed by atoms with Gasteiger partial charge < -0.3 is 4.74 Å². The van der Waals surface area contributed by atoms with Crippen LogP contribution in [-0.4, -0.2) is 19.5 Å². The number of halogens is 2. The summed E-state index contributed by atoms with van der Waals surface area (Å²) in [6.07, 6.45) is -0.972. The van der Waals surface area contributed by atoms with E-state index in [-0.39, 0.29) is 0 Å². The molecule has 0 aliphatic carbocycles. The van der Waals surface area contributed by atoms with Crippen LogP contribution in [0.4, 0.5) is 8.78 Å². The lowest BCUT2D eigenvalue weighted by Crippen LogP contribution is -2.16. The summed E-state index contributed by atoms with van der Waals surface area (Å²) in [6.45, 7) is -0.247. The smallest absolute Gasteiger partial charge is 0.118 e. The first kappa shape index (κ1) is 10.1. The highest BCUT2D eigenvalue weighted by molar-refractivity contribution is 5.19. The Morgan fingerprint density at radius 2 is 1.77 bits per heavy atom. The summed E-state index contributed by atoms with van der Waals surface area (Å²) in [5, 5.41) is 0. The van der Waals surface area contributed by atoms with Crippen LogP contribution in [0.3, 0.4) is 0 Å². The van der Waals surface area contributed by atoms with E-state index >= 15 is 0 Å². The van der Waals surface area contributed by atoms with Crippen LogP contribution in [0.2, 0.25) is 0 Å². The van der Waals surface area contributed by atoms with Gasteiger partial charge >= 0.3 is 0 Å². The molecule has 0 unspecified atom stereocenters. The van der Waals surface area contributed by atoms with Crippen LogP contribution in [0.1, 0.15) is 5.56 Å². The van der Waals surface area contributed by atoms with Gasteiger partial charge in [-0.15, -0.1) is 0 Å². The van der Waals surface area contributed by atoms with Gasteiger partial charge in [0.15, 0.2) is 0 Å². The van der Waals surface area contributed by atoms with E-state index in [9.17, 15) is 8.78 Å². The predicted octanol–water partition coefficient (Wildman–Crippen LogP) is 2.52. The highest BCUT2D eigenvalue weighted by atomic mass is 19.1. The first-order chi connectivity index (χ1) is 6.36. The standard InChI is InChI=1S/C10H11F2O/c11-6-10(7-12)13-8-9-4-2-1-3-5-9/h1-5,8,10H,6-7H2. The summed E-state index contributed by atoms with van der Waals surface area (Å²) in [7, 11) is 0. The Morgan fingerprint density at radius 1 is 1.15 bits per heavy atom. The lowest BCUT2D eigenvalue weighted by Gasteiger charge is -2.09. The summed E-state index contributed by atoms with van der Waals surface area (Å²) in [4.78, 5) is 0. The SMILES string of the molecule is FCC(CF)O[CH]c1ccccc1. The van der Waals surface area contributed by atoms with Gasteiger partial charge in [-0.25, -0.2) is 8.78 Å². The number of hydrogen-bond donors (Lipinski definition) is 0. The molecule has 0 spiro atoms. The predicted molar refractivity (Wildman–Crippen MR) is 46.7 cm³/mol. The number of ether oxygens (including phenoxy) is 1. The molecule has 0 saturated heterocycles. The fraction of sp³-hybridized carbons (Fsp3) is 0.300. The Morgan fingerprint density at radius 3 is 2.31 bits per heavy atom. The quantitative estimate of drug-likeness (QED) is 0.684. The van der Waals surface area contributed by atoms with Gasteiger partial charge in [-0.05, 0) is 5.56 Å². The monoisotopic (exact) mass is 185 g/mol. The average Bonchev–Trinajstić information content (AvgIpc) is 2.21. The molecular formula is C10H11F2O. The highest BCUT2D eigenvalue weighted by Gasteiger charge is 2.07. The lowest BCUT2D eigenvalue weighted by atomic mass is 10.2. The minimum absolute atomic E-state index is 0.800. The van der Waals surface area contributed by atoms with Crippen molar-refractivity contribution in [1.82, 2.24) is 0 Å². The molecule has 1 radical (unpaired) electrons. The van der Waals surface area contributed by atoms with Gasteiger partial charge in [-0.3, -0.25) is 0 Å². The molecule has 0 saturated carbocycles. The lowest BCUT2D eigenvalue weighted by molar-refractivity contribution is 0.0686. The van der Waals surface area contributed by atoms with Gasteiger partial charge in [-0.1, -0.05) is 30.3 Å². The molecule has 0 N–H and O–H groups in total. The van der Waals surface area contributed by atoms with Crippen LogP contribution in [0.25, 0.3) is 0 Å². The molecule has 0 aromatic heterocycles. The van der Waals surface area contributed by atoms with Crippen molar-refractivity contribution in [3.8, 4) is 0 Å². The first-order valence-corrected chi connectivity index (χ1v) is 4.02. The molecule has 0 bridgehead atoms. The van der Waals surface area contributed by atoms with Gasteiger partial charge in [0, 0.05) is 0 Å². The van der Waals surface area contributed by atoms with Gasteiger partial charge in [-0.2, -0.15) is 0 Å². The van der Waals surface area contributed by atoms with Crippen LogP contribution in [0.15, 0.2) is 30.3 Å². The fourth-order valence-electron chi connectivity index (χ4n) is 0.820. The number of alkyl halides is 2. The van der Waals surface area contributed by atoms with Gasteiger partial charge in [0.1, 0.15) is 26.1 Å². The molecule has 0 atom stereocenters. The molecule has 13 heavy (non-hydrogen) atoms. The molecule has 0 fully saturated rings. The summed E-state index contributed by atoms with van der Waals surface area (Å²) in [6, 6.07) is 9.12. The van der Waals surface area contributed by atoms with Crippen molar-refractivity contribution < 1.29 is 13.5 Å². The van der Waals surface area contributed by atoms with E-state index in [1.807, 2.05) is 18.2 Å². The number of hydrogen-bond acceptors (Lipinski definition) is 1. The van der Waals surface area contributed by atoms with Crippen molar-refractivity contribution in [2.24, 2.45) is 0 Å². The Balaban J connectivity index is 2.34. The topological polar surface area (TPSA) is 9.23 Å². The van der Waals surface area contributed by atoms with Crippen LogP contribution in [0.5, 0.6) is 0 Å². The van der Waals surface area contributed by atoms with E-state index in [1.54, 1.807) is 12.1 Å². The molecule has 1 nitrogen and oxygen atoms in total.